The molecule has 1 saturated heterocycles. The molecule has 6 heteroatoms. The second-order valence-corrected chi connectivity index (χ2v) is 7.55. The first-order valence-corrected chi connectivity index (χ1v) is 8.80. The molecule has 130 valence electrons. The van der Waals surface area contributed by atoms with E-state index < -0.39 is 0 Å². The Labute approximate surface area is 142 Å². The maximum atomic E-state index is 12.8. The fraction of sp³-hybridized carbons (Fsp3) is 0.722. The van der Waals surface area contributed by atoms with Crippen LogP contribution in [0.25, 0.3) is 0 Å². The van der Waals surface area contributed by atoms with Gasteiger partial charge in [0.15, 0.2) is 0 Å². The number of aromatic nitrogens is 2. The van der Waals surface area contributed by atoms with Crippen LogP contribution >= 0.6 is 0 Å². The molecule has 0 aromatic carbocycles. The zero-order valence-electron chi connectivity index (χ0n) is 14.5. The molecule has 2 fully saturated rings. The van der Waals surface area contributed by atoms with E-state index in [4.69, 9.17) is 14.5 Å². The van der Waals surface area contributed by atoms with E-state index in [1.807, 2.05) is 18.0 Å². The second-order valence-electron chi connectivity index (χ2n) is 7.55. The Kier molecular flexibility index (Phi) is 3.84. The van der Waals surface area contributed by atoms with Crippen LogP contribution < -0.4 is 0 Å². The highest BCUT2D eigenvalue weighted by molar-refractivity contribution is 5.78. The summed E-state index contributed by atoms with van der Waals surface area (Å²) < 4.78 is 11.4. The van der Waals surface area contributed by atoms with Crippen LogP contribution in [0.15, 0.2) is 6.20 Å². The number of nitrogens with zero attached hydrogens (tertiary/aromatic N) is 3. The van der Waals surface area contributed by atoms with Gasteiger partial charge in [-0.1, -0.05) is 0 Å². The molecule has 0 N–H and O–H groups in total. The lowest BCUT2D eigenvalue weighted by Crippen LogP contribution is -2.46. The molecule has 1 saturated carbocycles. The number of aryl methyl sites for hydroxylation is 1. The molecule has 1 aliphatic carbocycles. The lowest BCUT2D eigenvalue weighted by atomic mass is 9.77. The van der Waals surface area contributed by atoms with E-state index >= 15 is 0 Å². The summed E-state index contributed by atoms with van der Waals surface area (Å²) in [6.45, 7) is 4.58. The maximum absolute atomic E-state index is 12.8. The Bertz CT molecular complexity index is 653. The van der Waals surface area contributed by atoms with Crippen molar-refractivity contribution in [3.05, 3.63) is 23.3 Å². The van der Waals surface area contributed by atoms with Gasteiger partial charge in [0.1, 0.15) is 5.82 Å². The molecule has 24 heavy (non-hydrogen) atoms. The molecule has 0 bridgehead atoms. The first-order chi connectivity index (χ1) is 11.6. The number of rotatable bonds is 3. The van der Waals surface area contributed by atoms with Gasteiger partial charge in [-0.15, -0.1) is 0 Å². The lowest BCUT2D eigenvalue weighted by molar-refractivity contribution is -0.143. The van der Waals surface area contributed by atoms with Gasteiger partial charge in [0.05, 0.1) is 36.3 Å². The van der Waals surface area contributed by atoms with Gasteiger partial charge in [0.25, 0.3) is 0 Å². The minimum atomic E-state index is -0.216. The molecule has 1 atom stereocenters. The van der Waals surface area contributed by atoms with Crippen molar-refractivity contribution in [1.82, 2.24) is 14.9 Å². The molecule has 0 unspecified atom stereocenters. The smallest absolute Gasteiger partial charge is 0.225 e. The molecule has 1 spiro atoms. The minimum Gasteiger partial charge on any atom is -0.378 e. The van der Waals surface area contributed by atoms with Crippen molar-refractivity contribution >= 4 is 5.91 Å². The standard InChI is InChI=1S/C18H25N3O3/c1-13-19-9-14-10-24-12-17(16(14)20-13)6-7-21(11-17)15(22)8-18(23-2)4-3-5-18/h9H,3-8,10-12H2,1-2H3/t17-/m0/s1. The van der Waals surface area contributed by atoms with Gasteiger partial charge in [-0.05, 0) is 32.6 Å². The highest BCUT2D eigenvalue weighted by atomic mass is 16.5. The van der Waals surface area contributed by atoms with E-state index in [9.17, 15) is 4.79 Å². The van der Waals surface area contributed by atoms with Crippen molar-refractivity contribution in [2.75, 3.05) is 26.8 Å². The Morgan fingerprint density at radius 1 is 1.42 bits per heavy atom. The summed E-state index contributed by atoms with van der Waals surface area (Å²) >= 11 is 0. The third kappa shape index (κ3) is 2.52. The molecule has 1 aromatic rings. The number of carbonyl (C=O) groups is 1. The molecule has 2 aliphatic heterocycles. The summed E-state index contributed by atoms with van der Waals surface area (Å²) in [4.78, 5) is 23.8. The molecule has 1 amide bonds. The Hall–Kier alpha value is -1.53. The summed E-state index contributed by atoms with van der Waals surface area (Å²) in [7, 11) is 1.73. The number of methoxy groups -OCH3 is 1. The summed E-state index contributed by atoms with van der Waals surface area (Å²) in [5.41, 5.74) is 1.76. The number of carbonyl (C=O) groups excluding carboxylic acids is 1. The number of hydrogen-bond acceptors (Lipinski definition) is 5. The number of fused-ring (bicyclic) bond motifs is 2. The average molecular weight is 331 g/mol. The topological polar surface area (TPSA) is 64.5 Å². The quantitative estimate of drug-likeness (QED) is 0.844. The first kappa shape index (κ1) is 16.0. The van der Waals surface area contributed by atoms with Gasteiger partial charge in [-0.25, -0.2) is 9.97 Å². The third-order valence-corrected chi connectivity index (χ3v) is 6.00. The van der Waals surface area contributed by atoms with Crippen LogP contribution in [0.4, 0.5) is 0 Å². The van der Waals surface area contributed by atoms with E-state index in [0.717, 1.165) is 49.3 Å². The molecule has 3 aliphatic rings. The van der Waals surface area contributed by atoms with Crippen molar-refractivity contribution in [3.8, 4) is 0 Å². The van der Waals surface area contributed by atoms with Crippen molar-refractivity contribution < 1.29 is 14.3 Å². The SMILES string of the molecule is COC1(CC(=O)N2CC[C@@]3(COCc4cnc(C)nc43)C2)CCC1. The summed E-state index contributed by atoms with van der Waals surface area (Å²) in [5.74, 6) is 0.985. The Morgan fingerprint density at radius 3 is 2.96 bits per heavy atom. The van der Waals surface area contributed by atoms with Crippen LogP contribution in [0.2, 0.25) is 0 Å². The number of likely N-dealkylation sites (tertiary alicyclic amines) is 1. The third-order valence-electron chi connectivity index (χ3n) is 6.00. The van der Waals surface area contributed by atoms with Crippen molar-refractivity contribution in [3.63, 3.8) is 0 Å². The van der Waals surface area contributed by atoms with Crippen LogP contribution in [-0.4, -0.2) is 53.2 Å². The molecule has 1 aromatic heterocycles. The van der Waals surface area contributed by atoms with Gasteiger partial charge >= 0.3 is 0 Å². The van der Waals surface area contributed by atoms with Gasteiger partial charge in [0.2, 0.25) is 5.91 Å². The van der Waals surface area contributed by atoms with Crippen LogP contribution in [0.5, 0.6) is 0 Å². The fourth-order valence-corrected chi connectivity index (χ4v) is 4.29. The number of hydrogen-bond donors (Lipinski definition) is 0. The largest absolute Gasteiger partial charge is 0.378 e. The molecular weight excluding hydrogens is 306 g/mol. The van der Waals surface area contributed by atoms with Gasteiger partial charge in [-0.2, -0.15) is 0 Å². The Morgan fingerprint density at radius 2 is 2.25 bits per heavy atom. The monoisotopic (exact) mass is 331 g/mol. The van der Waals surface area contributed by atoms with Crippen LogP contribution in [0, 0.1) is 6.92 Å². The minimum absolute atomic E-state index is 0.170. The predicted octanol–water partition coefficient (Wildman–Crippen LogP) is 1.74. The van der Waals surface area contributed by atoms with Crippen molar-refractivity contribution in [2.24, 2.45) is 0 Å². The van der Waals surface area contributed by atoms with E-state index in [-0.39, 0.29) is 16.9 Å². The molecule has 4 rings (SSSR count). The highest BCUT2D eigenvalue weighted by Crippen LogP contribution is 2.42. The lowest BCUT2D eigenvalue weighted by Gasteiger charge is -2.41. The van der Waals surface area contributed by atoms with E-state index in [2.05, 4.69) is 4.98 Å². The molecule has 6 nitrogen and oxygen atoms in total. The molecule has 0 radical (unpaired) electrons. The summed E-state index contributed by atoms with van der Waals surface area (Å²) in [6, 6.07) is 0. The van der Waals surface area contributed by atoms with Gasteiger partial charge in [-0.3, -0.25) is 4.79 Å². The van der Waals surface area contributed by atoms with Gasteiger partial charge < -0.3 is 14.4 Å². The summed E-state index contributed by atoms with van der Waals surface area (Å²) in [6.07, 6.45) is 6.41. The molecule has 3 heterocycles. The highest BCUT2D eigenvalue weighted by Gasteiger charge is 2.48. The van der Waals surface area contributed by atoms with E-state index in [1.165, 1.54) is 0 Å². The zero-order valence-corrected chi connectivity index (χ0v) is 14.5. The summed E-state index contributed by atoms with van der Waals surface area (Å²) in [5, 5.41) is 0. The van der Waals surface area contributed by atoms with Crippen LogP contribution in [-0.2, 0) is 26.3 Å². The predicted molar refractivity (Wildman–Crippen MR) is 87.5 cm³/mol. The number of ether oxygens (including phenoxy) is 2. The number of amides is 1. The fourth-order valence-electron chi connectivity index (χ4n) is 4.29. The first-order valence-electron chi connectivity index (χ1n) is 8.80. The van der Waals surface area contributed by atoms with E-state index in [1.54, 1.807) is 7.11 Å². The molecular formula is C18H25N3O3. The zero-order chi connectivity index (χ0) is 16.8. The van der Waals surface area contributed by atoms with Crippen molar-refractivity contribution in [1.29, 1.82) is 0 Å². The maximum Gasteiger partial charge on any atom is 0.225 e. The van der Waals surface area contributed by atoms with E-state index in [0.29, 0.717) is 26.2 Å². The normalized spacial score (nSPS) is 27.8. The second kappa shape index (κ2) is 5.77. The van der Waals surface area contributed by atoms with Gasteiger partial charge in [0, 0.05) is 32.0 Å². The van der Waals surface area contributed by atoms with Crippen LogP contribution in [0.1, 0.15) is 49.2 Å². The average Bonchev–Trinajstić information content (AvgIpc) is 2.97. The van der Waals surface area contributed by atoms with Crippen LogP contribution in [0.3, 0.4) is 0 Å². The van der Waals surface area contributed by atoms with Crippen molar-refractivity contribution in [2.45, 2.75) is 56.7 Å². The Balaban J connectivity index is 1.52.